The van der Waals surface area contributed by atoms with Crippen LogP contribution in [0, 0.1) is 18.8 Å². The Labute approximate surface area is 516 Å². The first-order valence-corrected chi connectivity index (χ1v) is 29.3. The number of anilines is 4. The summed E-state index contributed by atoms with van der Waals surface area (Å²) in [4.78, 5) is 9.34. The summed E-state index contributed by atoms with van der Waals surface area (Å²) in [5.41, 5.74) is 11.1. The molecule has 0 bridgehead atoms. The largest absolute Gasteiger partial charge is 0.509 e. The van der Waals surface area contributed by atoms with Gasteiger partial charge in [-0.15, -0.1) is 48.1 Å². The number of hydrogen-bond donors (Lipinski definition) is 0. The van der Waals surface area contributed by atoms with E-state index >= 15 is 0 Å². The standard InChI is InChI=1S/C66H77B6N4O7.Pt/c1-61(2,3)46-35-36-73-59(40-46)76-55-34-31-45(44-25-20-19-21-26-44)37-52(55)51-33-32-50(42-58(51)76)77-49-28-24-27-48(41-49)74-43-75(57-30-23-22-29-56(57)74)60-53(67-78-69(63(7,8)9)82-70(79-67)64(10,11)12)38-47(62(4,5)6)39-54(60)68-80-71(65(13,14)15)83-72(81-68)66(16,17)18;/h19-40,43H,1-18H3;/q-3;. The third kappa shape index (κ3) is 12.4. The molecule has 2 aromatic heterocycles. The third-order valence-corrected chi connectivity index (χ3v) is 15.6. The topological polar surface area (TPSA) is 88.9 Å². The zero-order valence-corrected chi connectivity index (χ0v) is 54.5. The van der Waals surface area contributed by atoms with Gasteiger partial charge in [0, 0.05) is 72.3 Å². The molecule has 3 aliphatic rings. The number of ether oxygens (including phenoxy) is 1. The van der Waals surface area contributed by atoms with Crippen LogP contribution in [-0.2, 0) is 59.3 Å². The van der Waals surface area contributed by atoms with Gasteiger partial charge in [-0.2, -0.15) is 12.1 Å². The van der Waals surface area contributed by atoms with Crippen molar-refractivity contribution in [1.29, 1.82) is 0 Å². The van der Waals surface area contributed by atoms with Crippen molar-refractivity contribution in [2.24, 2.45) is 0 Å². The van der Waals surface area contributed by atoms with E-state index in [0.29, 0.717) is 11.5 Å². The van der Waals surface area contributed by atoms with Gasteiger partial charge in [0.2, 0.25) is 0 Å². The van der Waals surface area contributed by atoms with Gasteiger partial charge in [-0.05, 0) is 90.1 Å². The fourth-order valence-corrected chi connectivity index (χ4v) is 10.8. The van der Waals surface area contributed by atoms with E-state index in [0.717, 1.165) is 78.0 Å². The molecule has 11 nitrogen and oxygen atoms in total. The summed E-state index contributed by atoms with van der Waals surface area (Å²) in [5.74, 6) is 1.88. The fraction of sp³-hybridized carbons (Fsp3) is 0.364. The van der Waals surface area contributed by atoms with E-state index in [1.165, 1.54) is 5.56 Å². The quantitative estimate of drug-likeness (QED) is 0.108. The Kier molecular flexibility index (Phi) is 16.6. The summed E-state index contributed by atoms with van der Waals surface area (Å²) in [6.07, 6.45) is 1.90. The first-order chi connectivity index (χ1) is 38.9. The summed E-state index contributed by atoms with van der Waals surface area (Å²) in [6, 6.07) is 51.8. The SMILES string of the molecule is CC(C)(C)B1OB(c2cc(C(C)(C)C)cc(B3OB(C(C)(C)C)OB(C(C)(C)C)O3)c2N2[CH-]N(c3[c-]c(Oc4[c-]c5c(cc4)c4cc(-c6ccccc6)ccc4n5-c4cc(C(C)(C)C)ccn4)ccc3)c3ccccc32)OB(C(C)(C)C)O1.[Pt]. The Balaban J connectivity index is 0.00000786. The van der Waals surface area contributed by atoms with Crippen molar-refractivity contribution in [1.82, 2.24) is 9.55 Å². The second-order valence-corrected chi connectivity index (χ2v) is 29.0. The average molecular weight is 1300 g/mol. The molecule has 3 aliphatic heterocycles. The molecule has 18 heteroatoms. The zero-order valence-electron chi connectivity index (χ0n) is 52.2. The van der Waals surface area contributed by atoms with E-state index in [2.05, 4.69) is 261 Å². The maximum absolute atomic E-state index is 7.08. The molecular formula is C66H77B6N4O7Pt-3. The number of fused-ring (bicyclic) bond motifs is 4. The monoisotopic (exact) mass is 1300 g/mol. The van der Waals surface area contributed by atoms with Crippen LogP contribution in [0.2, 0.25) is 21.3 Å². The molecule has 6 aromatic carbocycles. The van der Waals surface area contributed by atoms with E-state index in [4.69, 9.17) is 37.2 Å². The van der Waals surface area contributed by atoms with Gasteiger partial charge in [0.25, 0.3) is 0 Å². The predicted molar refractivity (Wildman–Crippen MR) is 346 cm³/mol. The first-order valence-electron chi connectivity index (χ1n) is 29.3. The summed E-state index contributed by atoms with van der Waals surface area (Å²) >= 11 is 0. The molecule has 5 heterocycles. The summed E-state index contributed by atoms with van der Waals surface area (Å²) in [6.45, 7) is 41.1. The van der Waals surface area contributed by atoms with E-state index in [-0.39, 0.29) is 31.9 Å². The number of para-hydroxylation sites is 2. The normalized spacial score (nSPS) is 15.8. The van der Waals surface area contributed by atoms with Crippen molar-refractivity contribution in [3.63, 3.8) is 0 Å². The van der Waals surface area contributed by atoms with Crippen LogP contribution in [0.3, 0.4) is 0 Å². The molecule has 0 atom stereocenters. The van der Waals surface area contributed by atoms with Crippen molar-refractivity contribution < 1.29 is 53.2 Å². The second kappa shape index (κ2) is 22.7. The molecule has 8 aromatic rings. The molecule has 84 heavy (non-hydrogen) atoms. The molecule has 0 saturated carbocycles. The van der Waals surface area contributed by atoms with Gasteiger partial charge >= 0.3 is 42.7 Å². The van der Waals surface area contributed by atoms with Crippen molar-refractivity contribution in [3.8, 4) is 28.4 Å². The van der Waals surface area contributed by atoms with Gasteiger partial charge in [0.15, 0.2) is 0 Å². The minimum Gasteiger partial charge on any atom is -0.509 e. The average Bonchev–Trinajstić information content (AvgIpc) is 1.65. The van der Waals surface area contributed by atoms with E-state index in [1.54, 1.807) is 0 Å². The van der Waals surface area contributed by atoms with Crippen molar-refractivity contribution in [2.75, 3.05) is 9.80 Å². The van der Waals surface area contributed by atoms with Gasteiger partial charge in [0.05, 0.1) is 0 Å². The Morgan fingerprint density at radius 2 is 0.988 bits per heavy atom. The maximum Gasteiger partial charge on any atom is 0.468 e. The van der Waals surface area contributed by atoms with Crippen LogP contribution in [0.25, 0.3) is 38.8 Å². The van der Waals surface area contributed by atoms with Crippen LogP contribution in [0.15, 0.2) is 134 Å². The predicted octanol–water partition coefficient (Wildman–Crippen LogP) is 15.9. The molecule has 434 valence electrons. The number of hydrogen-bond acceptors (Lipinski definition) is 10. The molecule has 2 fully saturated rings. The van der Waals surface area contributed by atoms with Crippen LogP contribution in [-0.4, -0.2) is 52.3 Å². The van der Waals surface area contributed by atoms with Gasteiger partial charge in [-0.25, -0.2) is 4.98 Å². The minimum atomic E-state index is -0.862. The molecule has 0 spiro atoms. The van der Waals surface area contributed by atoms with Crippen LogP contribution < -0.4 is 25.5 Å². The summed E-state index contributed by atoms with van der Waals surface area (Å²) in [7, 11) is -4.11. The van der Waals surface area contributed by atoms with E-state index in [9.17, 15) is 0 Å². The molecule has 0 N–H and O–H groups in total. The summed E-state index contributed by atoms with van der Waals surface area (Å²) < 4.78 is 50.8. The van der Waals surface area contributed by atoms with Gasteiger partial charge < -0.3 is 46.5 Å². The first kappa shape index (κ1) is 61.6. The van der Waals surface area contributed by atoms with Gasteiger partial charge in [-0.1, -0.05) is 197 Å². The molecular weight excluding hydrogens is 1220 g/mol. The van der Waals surface area contributed by atoms with Crippen LogP contribution in [0.5, 0.6) is 11.5 Å². The summed E-state index contributed by atoms with van der Waals surface area (Å²) in [5, 5.41) is 0.584. The number of aromatic nitrogens is 2. The van der Waals surface area contributed by atoms with E-state index < -0.39 is 64.0 Å². The molecule has 11 rings (SSSR count). The second-order valence-electron chi connectivity index (χ2n) is 29.0. The van der Waals surface area contributed by atoms with Crippen molar-refractivity contribution in [2.45, 2.75) is 157 Å². The van der Waals surface area contributed by atoms with Crippen LogP contribution in [0.1, 0.15) is 136 Å². The molecule has 0 amide bonds. The molecule has 2 saturated heterocycles. The maximum atomic E-state index is 7.08. The van der Waals surface area contributed by atoms with Crippen molar-refractivity contribution >= 4 is 98.2 Å². The van der Waals surface area contributed by atoms with E-state index in [1.807, 2.05) is 30.5 Å². The van der Waals surface area contributed by atoms with Crippen LogP contribution in [0.4, 0.5) is 22.7 Å². The number of nitrogens with zero attached hydrogens (tertiary/aromatic N) is 4. The minimum absolute atomic E-state index is 0. The fourth-order valence-electron chi connectivity index (χ4n) is 10.8. The molecule has 0 radical (unpaired) electrons. The number of rotatable bonds is 8. The molecule has 0 aliphatic carbocycles. The smallest absolute Gasteiger partial charge is 0.468 e. The van der Waals surface area contributed by atoms with Crippen molar-refractivity contribution in [3.05, 3.63) is 164 Å². The Bertz CT molecular complexity index is 3600. The third-order valence-electron chi connectivity index (χ3n) is 15.6. The van der Waals surface area contributed by atoms with Gasteiger partial charge in [-0.3, -0.25) is 0 Å². The Morgan fingerprint density at radius 1 is 0.464 bits per heavy atom. The Hall–Kier alpha value is -5.49. The van der Waals surface area contributed by atoms with Gasteiger partial charge in [0.1, 0.15) is 5.82 Å². The zero-order chi connectivity index (χ0) is 59.3. The molecule has 0 unspecified atom stereocenters. The Morgan fingerprint density at radius 3 is 1.52 bits per heavy atom. The number of pyridine rings is 1. The number of benzene rings is 6. The van der Waals surface area contributed by atoms with Crippen LogP contribution >= 0.6 is 0 Å².